The van der Waals surface area contributed by atoms with Crippen molar-refractivity contribution in [2.45, 2.75) is 38.8 Å². The van der Waals surface area contributed by atoms with Crippen molar-refractivity contribution in [3.63, 3.8) is 0 Å². The number of fused-ring (bicyclic) bond motifs is 2. The summed E-state index contributed by atoms with van der Waals surface area (Å²) in [5, 5.41) is 6.35. The molecule has 2 amide bonds. The second-order valence-electron chi connectivity index (χ2n) is 7.01. The van der Waals surface area contributed by atoms with Gasteiger partial charge in [0.1, 0.15) is 0 Å². The maximum Gasteiger partial charge on any atom is 0.241 e. The van der Waals surface area contributed by atoms with Gasteiger partial charge in [0.05, 0.1) is 6.04 Å². The molecule has 2 aromatic rings. The van der Waals surface area contributed by atoms with Crippen molar-refractivity contribution in [3.05, 3.63) is 59.2 Å². The van der Waals surface area contributed by atoms with E-state index >= 15 is 0 Å². The Morgan fingerprint density at radius 1 is 1.12 bits per heavy atom. The number of nitrogens with zero attached hydrogens (tertiary/aromatic N) is 1. The topological polar surface area (TPSA) is 61.4 Å². The van der Waals surface area contributed by atoms with E-state index in [1.165, 1.54) is 11.1 Å². The molecule has 0 unspecified atom stereocenters. The molecule has 2 aliphatic heterocycles. The van der Waals surface area contributed by atoms with E-state index < -0.39 is 0 Å². The third-order valence-corrected chi connectivity index (χ3v) is 5.24. The second-order valence-corrected chi connectivity index (χ2v) is 7.01. The molecule has 2 aliphatic rings. The molecule has 0 aromatic heterocycles. The Bertz CT molecular complexity index is 862. The van der Waals surface area contributed by atoms with Crippen LogP contribution in [0.15, 0.2) is 42.5 Å². The number of hydrogen-bond donors (Lipinski definition) is 2. The zero-order valence-electron chi connectivity index (χ0n) is 14.9. The first-order valence-corrected chi connectivity index (χ1v) is 9.14. The number of rotatable bonds is 2. The Morgan fingerprint density at radius 2 is 1.92 bits per heavy atom. The standard InChI is InChI=1S/C21H23N3O2/c1-14(25)24-10-4-7-16-11-18(8-9-20(16)24)23-21(26)19-12-15-5-2-3-6-17(15)13-22-19/h2-3,5-6,8-9,11,19,22H,4,7,10,12-13H2,1H3,(H,23,26)/t19-/m1/s1. The average Bonchev–Trinajstić information content (AvgIpc) is 2.66. The van der Waals surface area contributed by atoms with Crippen molar-refractivity contribution < 1.29 is 9.59 Å². The van der Waals surface area contributed by atoms with Gasteiger partial charge in [-0.1, -0.05) is 24.3 Å². The highest BCUT2D eigenvalue weighted by Crippen LogP contribution is 2.30. The van der Waals surface area contributed by atoms with Crippen molar-refractivity contribution in [1.82, 2.24) is 5.32 Å². The molecule has 0 radical (unpaired) electrons. The van der Waals surface area contributed by atoms with Gasteiger partial charge in [0.25, 0.3) is 0 Å². The minimum absolute atomic E-state index is 0.0151. The molecule has 2 heterocycles. The van der Waals surface area contributed by atoms with Crippen LogP contribution in [-0.4, -0.2) is 24.4 Å². The van der Waals surface area contributed by atoms with Gasteiger partial charge in [0.2, 0.25) is 11.8 Å². The van der Waals surface area contributed by atoms with Crippen molar-refractivity contribution in [1.29, 1.82) is 0 Å². The largest absolute Gasteiger partial charge is 0.325 e. The van der Waals surface area contributed by atoms with E-state index in [1.807, 2.05) is 35.2 Å². The third kappa shape index (κ3) is 3.22. The third-order valence-electron chi connectivity index (χ3n) is 5.24. The number of benzene rings is 2. The SMILES string of the molecule is CC(=O)N1CCCc2cc(NC(=O)[C@H]3Cc4ccccc4CN3)ccc21. The minimum Gasteiger partial charge on any atom is -0.325 e. The van der Waals surface area contributed by atoms with E-state index in [4.69, 9.17) is 0 Å². The highest BCUT2D eigenvalue weighted by atomic mass is 16.2. The quantitative estimate of drug-likeness (QED) is 0.876. The van der Waals surface area contributed by atoms with Crippen LogP contribution >= 0.6 is 0 Å². The summed E-state index contributed by atoms with van der Waals surface area (Å²) in [6.45, 7) is 3.07. The lowest BCUT2D eigenvalue weighted by Crippen LogP contribution is -2.44. The molecule has 134 valence electrons. The fraction of sp³-hybridized carbons (Fsp3) is 0.333. The van der Waals surface area contributed by atoms with Gasteiger partial charge in [-0.2, -0.15) is 0 Å². The van der Waals surface area contributed by atoms with E-state index in [2.05, 4.69) is 22.8 Å². The van der Waals surface area contributed by atoms with Gasteiger partial charge in [-0.15, -0.1) is 0 Å². The molecule has 26 heavy (non-hydrogen) atoms. The van der Waals surface area contributed by atoms with E-state index in [-0.39, 0.29) is 17.9 Å². The number of carbonyl (C=O) groups is 2. The van der Waals surface area contributed by atoms with Crippen LogP contribution in [0.25, 0.3) is 0 Å². The van der Waals surface area contributed by atoms with Gasteiger partial charge in [-0.25, -0.2) is 0 Å². The van der Waals surface area contributed by atoms with Crippen molar-refractivity contribution in [3.8, 4) is 0 Å². The summed E-state index contributed by atoms with van der Waals surface area (Å²) in [6.07, 6.45) is 2.58. The number of hydrogen-bond acceptors (Lipinski definition) is 3. The van der Waals surface area contributed by atoms with Gasteiger partial charge >= 0.3 is 0 Å². The summed E-state index contributed by atoms with van der Waals surface area (Å²) >= 11 is 0. The van der Waals surface area contributed by atoms with Crippen LogP contribution in [0.3, 0.4) is 0 Å². The lowest BCUT2D eigenvalue weighted by atomic mass is 9.95. The smallest absolute Gasteiger partial charge is 0.241 e. The van der Waals surface area contributed by atoms with Gasteiger partial charge in [-0.05, 0) is 54.2 Å². The molecule has 0 bridgehead atoms. The lowest BCUT2D eigenvalue weighted by Gasteiger charge is -2.29. The first-order chi connectivity index (χ1) is 12.6. The first-order valence-electron chi connectivity index (χ1n) is 9.14. The minimum atomic E-state index is -0.227. The molecular formula is C21H23N3O2. The monoisotopic (exact) mass is 349 g/mol. The summed E-state index contributed by atoms with van der Waals surface area (Å²) in [5.74, 6) is 0.0477. The molecule has 0 saturated carbocycles. The molecule has 0 fully saturated rings. The molecule has 0 spiro atoms. The number of anilines is 2. The van der Waals surface area contributed by atoms with E-state index in [0.29, 0.717) is 13.0 Å². The van der Waals surface area contributed by atoms with Crippen LogP contribution in [0.1, 0.15) is 30.0 Å². The fourth-order valence-corrected chi connectivity index (χ4v) is 3.87. The Labute approximate surface area is 153 Å². The number of carbonyl (C=O) groups excluding carboxylic acids is 2. The second kappa shape index (κ2) is 6.92. The summed E-state index contributed by atoms with van der Waals surface area (Å²) in [4.78, 5) is 26.3. The zero-order chi connectivity index (χ0) is 18.1. The maximum absolute atomic E-state index is 12.7. The molecular weight excluding hydrogens is 326 g/mol. The first kappa shape index (κ1) is 16.8. The van der Waals surface area contributed by atoms with E-state index in [0.717, 1.165) is 36.3 Å². The maximum atomic E-state index is 12.7. The van der Waals surface area contributed by atoms with Crippen LogP contribution in [0.4, 0.5) is 11.4 Å². The average molecular weight is 349 g/mol. The van der Waals surface area contributed by atoms with Gasteiger partial charge in [0.15, 0.2) is 0 Å². The van der Waals surface area contributed by atoms with Crippen molar-refractivity contribution >= 4 is 23.2 Å². The highest BCUT2D eigenvalue weighted by molar-refractivity contribution is 5.97. The molecule has 5 nitrogen and oxygen atoms in total. The van der Waals surface area contributed by atoms with Crippen LogP contribution in [0.2, 0.25) is 0 Å². The molecule has 2 aromatic carbocycles. The lowest BCUT2D eigenvalue weighted by molar-refractivity contribution is -0.118. The highest BCUT2D eigenvalue weighted by Gasteiger charge is 2.25. The summed E-state index contributed by atoms with van der Waals surface area (Å²) in [5.41, 5.74) is 5.36. The van der Waals surface area contributed by atoms with Crippen molar-refractivity contribution in [2.24, 2.45) is 0 Å². The fourth-order valence-electron chi connectivity index (χ4n) is 3.87. The summed E-state index contributed by atoms with van der Waals surface area (Å²) < 4.78 is 0. The van der Waals surface area contributed by atoms with E-state index in [9.17, 15) is 9.59 Å². The summed E-state index contributed by atoms with van der Waals surface area (Å²) in [7, 11) is 0. The van der Waals surface area contributed by atoms with Crippen molar-refractivity contribution in [2.75, 3.05) is 16.8 Å². The van der Waals surface area contributed by atoms with Gasteiger partial charge in [-0.3, -0.25) is 9.59 Å². The van der Waals surface area contributed by atoms with Crippen LogP contribution in [0, 0.1) is 0 Å². The molecule has 4 rings (SSSR count). The molecule has 5 heteroatoms. The Hall–Kier alpha value is -2.66. The summed E-state index contributed by atoms with van der Waals surface area (Å²) in [6, 6.07) is 13.8. The zero-order valence-corrected chi connectivity index (χ0v) is 14.9. The normalized spacial score (nSPS) is 18.7. The van der Waals surface area contributed by atoms with E-state index in [1.54, 1.807) is 6.92 Å². The molecule has 0 aliphatic carbocycles. The molecule has 0 saturated heterocycles. The number of amides is 2. The number of nitrogens with one attached hydrogen (secondary N) is 2. The van der Waals surface area contributed by atoms with Crippen LogP contribution in [-0.2, 0) is 29.0 Å². The predicted molar refractivity (Wildman–Crippen MR) is 102 cm³/mol. The Kier molecular flexibility index (Phi) is 4.47. The van der Waals surface area contributed by atoms with Crippen LogP contribution < -0.4 is 15.5 Å². The van der Waals surface area contributed by atoms with Gasteiger partial charge < -0.3 is 15.5 Å². The Morgan fingerprint density at radius 3 is 2.73 bits per heavy atom. The predicted octanol–water partition coefficient (Wildman–Crippen LogP) is 2.64. The van der Waals surface area contributed by atoms with Gasteiger partial charge in [0, 0.05) is 31.4 Å². The Balaban J connectivity index is 1.48. The number of aryl methyl sites for hydroxylation is 1. The molecule has 2 N–H and O–H groups in total. The molecule has 1 atom stereocenters. The van der Waals surface area contributed by atoms with Crippen LogP contribution in [0.5, 0.6) is 0 Å².